The van der Waals surface area contributed by atoms with Crippen molar-refractivity contribution in [1.29, 1.82) is 0 Å². The van der Waals surface area contributed by atoms with E-state index in [1.54, 1.807) is 6.07 Å². The fourth-order valence-electron chi connectivity index (χ4n) is 2.60. The summed E-state index contributed by atoms with van der Waals surface area (Å²) in [6, 6.07) is 4.91. The highest BCUT2D eigenvalue weighted by atomic mass is 19.1. The van der Waals surface area contributed by atoms with E-state index in [2.05, 4.69) is 6.08 Å². The smallest absolute Gasteiger partial charge is 0.128 e. The lowest BCUT2D eigenvalue weighted by atomic mass is 9.91. The minimum Gasteiger partial charge on any atom is -0.320 e. The molecule has 18 heavy (non-hydrogen) atoms. The summed E-state index contributed by atoms with van der Waals surface area (Å²) in [4.78, 5) is 0. The minimum absolute atomic E-state index is 0.184. The van der Waals surface area contributed by atoms with Crippen LogP contribution in [0.1, 0.15) is 55.7 Å². The topological polar surface area (TPSA) is 26.0 Å². The summed E-state index contributed by atoms with van der Waals surface area (Å²) < 4.78 is 13.8. The Morgan fingerprint density at radius 2 is 1.94 bits per heavy atom. The van der Waals surface area contributed by atoms with Gasteiger partial charge in [0.05, 0.1) is 6.04 Å². The molecule has 2 rings (SSSR count). The number of nitrogens with two attached hydrogens (primary N) is 1. The Labute approximate surface area is 109 Å². The van der Waals surface area contributed by atoms with Crippen LogP contribution in [0.2, 0.25) is 0 Å². The molecule has 0 saturated heterocycles. The van der Waals surface area contributed by atoms with Crippen molar-refractivity contribution in [1.82, 2.24) is 0 Å². The molecule has 0 aromatic heterocycles. The maximum atomic E-state index is 13.8. The number of benzene rings is 1. The van der Waals surface area contributed by atoms with Crippen molar-refractivity contribution in [2.75, 3.05) is 0 Å². The van der Waals surface area contributed by atoms with Gasteiger partial charge >= 0.3 is 0 Å². The molecule has 1 aromatic rings. The standard InChI is InChI=1S/C16H22FN/c1-12-9-10-15(17)14(11-12)16(18)13-7-5-3-2-4-6-8-13/h7,9-11,16H,2-6,8,18H2,1H3/b13-7+. The lowest BCUT2D eigenvalue weighted by Crippen LogP contribution is -2.16. The van der Waals surface area contributed by atoms with Gasteiger partial charge in [-0.3, -0.25) is 0 Å². The predicted octanol–water partition coefficient (Wildman–Crippen LogP) is 4.41. The van der Waals surface area contributed by atoms with E-state index in [1.807, 2.05) is 13.0 Å². The van der Waals surface area contributed by atoms with Gasteiger partial charge in [0.2, 0.25) is 0 Å². The largest absolute Gasteiger partial charge is 0.320 e. The molecule has 2 N–H and O–H groups in total. The summed E-state index contributed by atoms with van der Waals surface area (Å²) in [5, 5.41) is 0. The molecule has 0 bridgehead atoms. The molecule has 0 aliphatic heterocycles. The summed E-state index contributed by atoms with van der Waals surface area (Å²) in [6.45, 7) is 1.97. The molecule has 0 amide bonds. The molecular weight excluding hydrogens is 225 g/mol. The van der Waals surface area contributed by atoms with Crippen molar-refractivity contribution >= 4 is 0 Å². The molecule has 0 radical (unpaired) electrons. The first kappa shape index (κ1) is 13.3. The number of rotatable bonds is 2. The Kier molecular flexibility index (Phi) is 4.54. The van der Waals surface area contributed by atoms with Crippen molar-refractivity contribution in [3.8, 4) is 0 Å². The van der Waals surface area contributed by atoms with Crippen molar-refractivity contribution in [2.45, 2.75) is 51.5 Å². The molecule has 0 heterocycles. The van der Waals surface area contributed by atoms with Crippen molar-refractivity contribution < 1.29 is 4.39 Å². The van der Waals surface area contributed by atoms with Gasteiger partial charge in [0, 0.05) is 5.56 Å². The molecular formula is C16H22FN. The Morgan fingerprint density at radius 3 is 2.78 bits per heavy atom. The van der Waals surface area contributed by atoms with Crippen LogP contribution in [0.25, 0.3) is 0 Å². The summed E-state index contributed by atoms with van der Waals surface area (Å²) in [6.07, 6.45) is 9.29. The highest BCUT2D eigenvalue weighted by molar-refractivity contribution is 5.32. The molecule has 1 nitrogen and oxygen atoms in total. The first-order valence-corrected chi connectivity index (χ1v) is 6.89. The lowest BCUT2D eigenvalue weighted by Gasteiger charge is -2.19. The van der Waals surface area contributed by atoms with E-state index < -0.39 is 0 Å². The van der Waals surface area contributed by atoms with E-state index in [0.29, 0.717) is 5.56 Å². The van der Waals surface area contributed by atoms with E-state index in [9.17, 15) is 4.39 Å². The van der Waals surface area contributed by atoms with Crippen LogP contribution in [0.4, 0.5) is 4.39 Å². The predicted molar refractivity (Wildman–Crippen MR) is 73.9 cm³/mol. The Balaban J connectivity index is 2.23. The molecule has 1 atom stereocenters. The number of hydrogen-bond donors (Lipinski definition) is 1. The van der Waals surface area contributed by atoms with Gasteiger partial charge in [-0.2, -0.15) is 0 Å². The maximum absolute atomic E-state index is 13.8. The average Bonchev–Trinajstić information content (AvgIpc) is 2.31. The third-order valence-corrected chi connectivity index (χ3v) is 3.71. The van der Waals surface area contributed by atoms with Gasteiger partial charge < -0.3 is 5.73 Å². The van der Waals surface area contributed by atoms with Gasteiger partial charge in [-0.15, -0.1) is 0 Å². The molecule has 98 valence electrons. The zero-order valence-corrected chi connectivity index (χ0v) is 11.1. The fourth-order valence-corrected chi connectivity index (χ4v) is 2.60. The average molecular weight is 247 g/mol. The second-order valence-corrected chi connectivity index (χ2v) is 5.23. The quantitative estimate of drug-likeness (QED) is 0.769. The second-order valence-electron chi connectivity index (χ2n) is 5.23. The SMILES string of the molecule is Cc1ccc(F)c(C(N)/C2=C/CCCCCC2)c1. The van der Waals surface area contributed by atoms with Gasteiger partial charge in [-0.1, -0.05) is 42.2 Å². The van der Waals surface area contributed by atoms with Crippen molar-refractivity contribution in [3.05, 3.63) is 46.8 Å². The normalized spacial score (nSPS) is 21.6. The Morgan fingerprint density at radius 1 is 1.17 bits per heavy atom. The van der Waals surface area contributed by atoms with Crippen LogP contribution in [-0.2, 0) is 0 Å². The van der Waals surface area contributed by atoms with Crippen LogP contribution < -0.4 is 5.73 Å². The summed E-state index contributed by atoms with van der Waals surface area (Å²) in [5.74, 6) is -0.184. The fraction of sp³-hybridized carbons (Fsp3) is 0.500. The number of hydrogen-bond acceptors (Lipinski definition) is 1. The van der Waals surface area contributed by atoms with Gasteiger partial charge in [0.25, 0.3) is 0 Å². The molecule has 1 aliphatic rings. The van der Waals surface area contributed by atoms with Gasteiger partial charge in [-0.05, 0) is 38.7 Å². The molecule has 1 aromatic carbocycles. The van der Waals surface area contributed by atoms with Crippen LogP contribution in [0.15, 0.2) is 29.8 Å². The van der Waals surface area contributed by atoms with Gasteiger partial charge in [0.15, 0.2) is 0 Å². The van der Waals surface area contributed by atoms with Crippen LogP contribution >= 0.6 is 0 Å². The zero-order valence-electron chi connectivity index (χ0n) is 11.1. The number of aryl methyl sites for hydroxylation is 1. The zero-order chi connectivity index (χ0) is 13.0. The van der Waals surface area contributed by atoms with E-state index in [4.69, 9.17) is 5.73 Å². The van der Waals surface area contributed by atoms with Crippen LogP contribution in [0.3, 0.4) is 0 Å². The molecule has 0 fully saturated rings. The van der Waals surface area contributed by atoms with E-state index in [0.717, 1.165) is 18.4 Å². The highest BCUT2D eigenvalue weighted by Crippen LogP contribution is 2.28. The summed E-state index contributed by atoms with van der Waals surface area (Å²) in [5.41, 5.74) is 9.16. The third-order valence-electron chi connectivity index (χ3n) is 3.71. The Bertz CT molecular complexity index is 437. The van der Waals surface area contributed by atoms with E-state index in [-0.39, 0.29) is 11.9 Å². The van der Waals surface area contributed by atoms with Crippen molar-refractivity contribution in [2.24, 2.45) is 5.73 Å². The van der Waals surface area contributed by atoms with Gasteiger partial charge in [0.1, 0.15) is 5.82 Å². The van der Waals surface area contributed by atoms with Crippen LogP contribution in [0.5, 0.6) is 0 Å². The third kappa shape index (κ3) is 3.20. The molecule has 0 spiro atoms. The molecule has 2 heteroatoms. The molecule has 1 unspecified atom stereocenters. The summed E-state index contributed by atoms with van der Waals surface area (Å²) >= 11 is 0. The Hall–Kier alpha value is -1.15. The summed E-state index contributed by atoms with van der Waals surface area (Å²) in [7, 11) is 0. The lowest BCUT2D eigenvalue weighted by molar-refractivity contribution is 0.573. The second kappa shape index (κ2) is 6.14. The highest BCUT2D eigenvalue weighted by Gasteiger charge is 2.16. The van der Waals surface area contributed by atoms with Crippen LogP contribution in [0, 0.1) is 12.7 Å². The minimum atomic E-state index is -0.275. The number of allylic oxidation sites excluding steroid dienone is 1. The first-order valence-electron chi connectivity index (χ1n) is 6.89. The molecule has 1 aliphatic carbocycles. The van der Waals surface area contributed by atoms with Crippen molar-refractivity contribution in [3.63, 3.8) is 0 Å². The molecule has 0 saturated carbocycles. The maximum Gasteiger partial charge on any atom is 0.128 e. The number of halogens is 1. The van der Waals surface area contributed by atoms with Crippen LogP contribution in [-0.4, -0.2) is 0 Å². The van der Waals surface area contributed by atoms with E-state index in [1.165, 1.54) is 37.3 Å². The van der Waals surface area contributed by atoms with E-state index >= 15 is 0 Å². The first-order chi connectivity index (χ1) is 8.68. The van der Waals surface area contributed by atoms with Gasteiger partial charge in [-0.25, -0.2) is 4.39 Å². The monoisotopic (exact) mass is 247 g/mol.